The van der Waals surface area contributed by atoms with Crippen LogP contribution in [-0.4, -0.2) is 18.9 Å². The van der Waals surface area contributed by atoms with Crippen molar-refractivity contribution < 1.29 is 27.5 Å². The molecule has 0 aliphatic heterocycles. The molecule has 1 N–H and O–H groups in total. The first-order valence-corrected chi connectivity index (χ1v) is 10.3. The number of amides is 2. The Morgan fingerprint density at radius 3 is 2.38 bits per heavy atom. The van der Waals surface area contributed by atoms with E-state index in [-0.39, 0.29) is 22.7 Å². The Labute approximate surface area is 194 Å². The predicted octanol–water partition coefficient (Wildman–Crippen LogP) is 5.59. The summed E-state index contributed by atoms with van der Waals surface area (Å²) in [5.41, 5.74) is 0.525. The van der Waals surface area contributed by atoms with Crippen molar-refractivity contribution in [1.82, 2.24) is 0 Å². The lowest BCUT2D eigenvalue weighted by Crippen LogP contribution is -2.42. The van der Waals surface area contributed by atoms with Gasteiger partial charge in [0.2, 0.25) is 0 Å². The molecule has 0 radical (unpaired) electrons. The van der Waals surface area contributed by atoms with Crippen LogP contribution in [0.15, 0.2) is 95.6 Å². The van der Waals surface area contributed by atoms with E-state index in [0.29, 0.717) is 5.75 Å². The monoisotopic (exact) mass is 462 g/mol. The Hall–Kier alpha value is -4.46. The molecule has 2 amide bonds. The first kappa shape index (κ1) is 22.7. The van der Waals surface area contributed by atoms with Gasteiger partial charge >= 0.3 is 0 Å². The van der Waals surface area contributed by atoms with E-state index in [0.717, 1.165) is 4.90 Å². The van der Waals surface area contributed by atoms with Crippen molar-refractivity contribution in [3.8, 4) is 5.75 Å². The number of furan rings is 1. The molecule has 1 aromatic heterocycles. The quantitative estimate of drug-likeness (QED) is 0.389. The summed E-state index contributed by atoms with van der Waals surface area (Å²) in [6.07, 6.45) is 1.33. The van der Waals surface area contributed by atoms with E-state index < -0.39 is 29.5 Å². The molecule has 4 rings (SSSR count). The van der Waals surface area contributed by atoms with Crippen LogP contribution in [0.1, 0.15) is 22.2 Å². The van der Waals surface area contributed by atoms with Gasteiger partial charge in [-0.2, -0.15) is 0 Å². The number of anilines is 2. The number of carbonyl (C=O) groups is 2. The molecule has 6 nitrogen and oxygen atoms in total. The number of nitrogens with zero attached hydrogens (tertiary/aromatic N) is 1. The maximum Gasteiger partial charge on any atom is 0.294 e. The smallest absolute Gasteiger partial charge is 0.294 e. The lowest BCUT2D eigenvalue weighted by Gasteiger charge is -2.31. The minimum atomic E-state index is -1.43. The molecule has 4 aromatic rings. The molecule has 1 unspecified atom stereocenters. The Bertz CT molecular complexity index is 1290. The minimum absolute atomic E-state index is 0.0372. The molecular weight excluding hydrogens is 442 g/mol. The van der Waals surface area contributed by atoms with Crippen molar-refractivity contribution in [3.63, 3.8) is 0 Å². The summed E-state index contributed by atoms with van der Waals surface area (Å²) in [7, 11) is 1.47. The number of methoxy groups -OCH3 is 1. The summed E-state index contributed by atoms with van der Waals surface area (Å²) in [6, 6.07) is 18.8. The van der Waals surface area contributed by atoms with Crippen molar-refractivity contribution in [2.45, 2.75) is 6.04 Å². The molecular formula is C26H20F2N2O4. The number of carbonyl (C=O) groups excluding carboxylic acids is 2. The van der Waals surface area contributed by atoms with Gasteiger partial charge in [0.25, 0.3) is 11.8 Å². The molecule has 0 fully saturated rings. The van der Waals surface area contributed by atoms with Crippen molar-refractivity contribution in [2.75, 3.05) is 17.3 Å². The molecule has 1 heterocycles. The standard InChI is InChI=1S/C26H20F2N2O4/c1-33-20-7-4-6-19(16-20)30(26(32)23-10-5-15-34-23)24(21-8-2-3-9-22(21)28)25(31)29-18-13-11-17(27)12-14-18/h2-16,24H,1H3,(H,29,31). The number of hydrogen-bond acceptors (Lipinski definition) is 4. The predicted molar refractivity (Wildman–Crippen MR) is 123 cm³/mol. The Kier molecular flexibility index (Phi) is 6.68. The van der Waals surface area contributed by atoms with Gasteiger partial charge in [0.1, 0.15) is 23.4 Å². The number of halogens is 2. The number of rotatable bonds is 7. The van der Waals surface area contributed by atoms with Crippen LogP contribution in [0.4, 0.5) is 20.2 Å². The molecule has 0 aliphatic carbocycles. The van der Waals surface area contributed by atoms with Gasteiger partial charge in [-0.05, 0) is 54.6 Å². The second-order valence-electron chi connectivity index (χ2n) is 7.27. The maximum absolute atomic E-state index is 15.0. The number of hydrogen-bond donors (Lipinski definition) is 1. The van der Waals surface area contributed by atoms with Crippen LogP contribution >= 0.6 is 0 Å². The fourth-order valence-corrected chi connectivity index (χ4v) is 3.50. The third-order valence-corrected chi connectivity index (χ3v) is 5.10. The molecule has 0 aliphatic rings. The van der Waals surface area contributed by atoms with E-state index in [2.05, 4.69) is 5.32 Å². The largest absolute Gasteiger partial charge is 0.497 e. The zero-order valence-corrected chi connectivity index (χ0v) is 18.1. The van der Waals surface area contributed by atoms with Gasteiger partial charge in [-0.25, -0.2) is 8.78 Å². The molecule has 0 bridgehead atoms. The average Bonchev–Trinajstić information content (AvgIpc) is 3.39. The zero-order chi connectivity index (χ0) is 24.1. The van der Waals surface area contributed by atoms with Crippen molar-refractivity contribution >= 4 is 23.2 Å². The molecule has 34 heavy (non-hydrogen) atoms. The van der Waals surface area contributed by atoms with Gasteiger partial charge in [0, 0.05) is 23.0 Å². The second kappa shape index (κ2) is 9.99. The number of ether oxygens (including phenoxy) is 1. The van der Waals surface area contributed by atoms with Gasteiger partial charge in [-0.1, -0.05) is 24.3 Å². The summed E-state index contributed by atoms with van der Waals surface area (Å²) in [5, 5.41) is 2.65. The molecule has 0 saturated heterocycles. The highest BCUT2D eigenvalue weighted by Crippen LogP contribution is 2.33. The SMILES string of the molecule is COc1cccc(N(C(=O)c2ccco2)C(C(=O)Nc2ccc(F)cc2)c2ccccc2F)c1. The van der Waals surface area contributed by atoms with E-state index in [1.54, 1.807) is 30.3 Å². The van der Waals surface area contributed by atoms with E-state index >= 15 is 4.39 Å². The molecule has 172 valence electrons. The van der Waals surface area contributed by atoms with Crippen LogP contribution in [0.5, 0.6) is 5.75 Å². The van der Waals surface area contributed by atoms with Crippen molar-refractivity contribution in [2.24, 2.45) is 0 Å². The van der Waals surface area contributed by atoms with E-state index in [9.17, 15) is 14.0 Å². The summed E-state index contributed by atoms with van der Waals surface area (Å²) in [5.74, 6) is -2.14. The first-order chi connectivity index (χ1) is 16.5. The fraction of sp³-hybridized carbons (Fsp3) is 0.0769. The normalized spacial score (nSPS) is 11.5. The Morgan fingerprint density at radius 2 is 1.71 bits per heavy atom. The highest BCUT2D eigenvalue weighted by Gasteiger charge is 2.36. The zero-order valence-electron chi connectivity index (χ0n) is 18.1. The Balaban J connectivity index is 1.86. The van der Waals surface area contributed by atoms with Gasteiger partial charge < -0.3 is 14.5 Å². The summed E-state index contributed by atoms with van der Waals surface area (Å²) in [6.45, 7) is 0. The summed E-state index contributed by atoms with van der Waals surface area (Å²) >= 11 is 0. The van der Waals surface area contributed by atoms with Gasteiger partial charge in [-0.15, -0.1) is 0 Å². The lowest BCUT2D eigenvalue weighted by atomic mass is 10.0. The van der Waals surface area contributed by atoms with Gasteiger partial charge in [0.15, 0.2) is 5.76 Å². The van der Waals surface area contributed by atoms with Crippen LogP contribution in [0.3, 0.4) is 0 Å². The third-order valence-electron chi connectivity index (χ3n) is 5.10. The molecule has 0 spiro atoms. The van der Waals surface area contributed by atoms with E-state index in [4.69, 9.17) is 9.15 Å². The minimum Gasteiger partial charge on any atom is -0.497 e. The highest BCUT2D eigenvalue weighted by atomic mass is 19.1. The third kappa shape index (κ3) is 4.80. The maximum atomic E-state index is 15.0. The fourth-order valence-electron chi connectivity index (χ4n) is 3.50. The van der Waals surface area contributed by atoms with Crippen LogP contribution in [0.25, 0.3) is 0 Å². The van der Waals surface area contributed by atoms with Crippen LogP contribution in [-0.2, 0) is 4.79 Å². The van der Waals surface area contributed by atoms with Gasteiger partial charge in [-0.3, -0.25) is 14.5 Å². The molecule has 8 heteroatoms. The van der Waals surface area contributed by atoms with Crippen LogP contribution in [0, 0.1) is 11.6 Å². The lowest BCUT2D eigenvalue weighted by molar-refractivity contribution is -0.117. The second-order valence-corrected chi connectivity index (χ2v) is 7.27. The van der Waals surface area contributed by atoms with Crippen LogP contribution < -0.4 is 15.0 Å². The summed E-state index contributed by atoms with van der Waals surface area (Å²) in [4.78, 5) is 28.3. The van der Waals surface area contributed by atoms with E-state index in [1.807, 2.05) is 0 Å². The van der Waals surface area contributed by atoms with Gasteiger partial charge in [0.05, 0.1) is 13.4 Å². The molecule has 0 saturated carbocycles. The number of benzene rings is 3. The first-order valence-electron chi connectivity index (χ1n) is 10.3. The topological polar surface area (TPSA) is 71.8 Å². The highest BCUT2D eigenvalue weighted by molar-refractivity contribution is 6.10. The average molecular weight is 462 g/mol. The van der Waals surface area contributed by atoms with Crippen molar-refractivity contribution in [3.05, 3.63) is 114 Å². The van der Waals surface area contributed by atoms with Crippen molar-refractivity contribution in [1.29, 1.82) is 0 Å². The molecule has 3 aromatic carbocycles. The molecule has 1 atom stereocenters. The van der Waals surface area contributed by atoms with Crippen LogP contribution in [0.2, 0.25) is 0 Å². The van der Waals surface area contributed by atoms with E-state index in [1.165, 1.54) is 68.0 Å². The number of nitrogens with one attached hydrogen (secondary N) is 1. The Morgan fingerprint density at radius 1 is 0.941 bits per heavy atom. The summed E-state index contributed by atoms with van der Waals surface area (Å²) < 4.78 is 38.9.